The largest absolute Gasteiger partial charge is 0.334 e. The van der Waals surface area contributed by atoms with Crippen molar-refractivity contribution < 1.29 is 9.32 Å². The Morgan fingerprint density at radius 2 is 1.96 bits per heavy atom. The Balaban J connectivity index is 1.63. The Morgan fingerprint density at radius 3 is 2.69 bits per heavy atom. The number of hydrogen-bond acceptors (Lipinski definition) is 5. The average molecular weight is 365 g/mol. The van der Waals surface area contributed by atoms with Crippen molar-refractivity contribution in [2.75, 3.05) is 11.4 Å². The molecule has 0 saturated heterocycles. The molecule has 1 amide bonds. The van der Waals surface area contributed by atoms with Gasteiger partial charge in [0.1, 0.15) is 0 Å². The molecule has 6 heteroatoms. The zero-order valence-electron chi connectivity index (χ0n) is 14.7. The molecule has 0 N–H and O–H groups in total. The van der Waals surface area contributed by atoms with Crippen molar-refractivity contribution in [3.05, 3.63) is 59.9 Å². The molecule has 0 fully saturated rings. The van der Waals surface area contributed by atoms with Crippen molar-refractivity contribution in [1.82, 2.24) is 10.1 Å². The van der Waals surface area contributed by atoms with Crippen molar-refractivity contribution in [1.29, 1.82) is 0 Å². The number of nitrogens with zero attached hydrogens (tertiary/aromatic N) is 3. The van der Waals surface area contributed by atoms with Gasteiger partial charge in [0.05, 0.1) is 5.69 Å². The zero-order valence-corrected chi connectivity index (χ0v) is 15.5. The molecule has 2 heterocycles. The topological polar surface area (TPSA) is 59.2 Å². The first-order valence-corrected chi connectivity index (χ1v) is 9.48. The molecule has 1 unspecified atom stereocenters. The minimum Gasteiger partial charge on any atom is -0.334 e. The SMILES string of the molecule is Cc1noc(-c2ccc(C(=O)N3CCC(C)Sc4ccccc43)cc2)n1. The van der Waals surface area contributed by atoms with Gasteiger partial charge in [0, 0.05) is 27.8 Å². The van der Waals surface area contributed by atoms with Gasteiger partial charge in [-0.25, -0.2) is 0 Å². The Bertz CT molecular complexity index is 936. The van der Waals surface area contributed by atoms with E-state index in [-0.39, 0.29) is 5.91 Å². The van der Waals surface area contributed by atoms with Gasteiger partial charge in [-0.1, -0.05) is 24.2 Å². The number of hydrogen-bond donors (Lipinski definition) is 0. The highest BCUT2D eigenvalue weighted by atomic mass is 32.2. The van der Waals surface area contributed by atoms with Crippen molar-refractivity contribution in [3.8, 4) is 11.5 Å². The maximum Gasteiger partial charge on any atom is 0.258 e. The van der Waals surface area contributed by atoms with Crippen molar-refractivity contribution in [2.24, 2.45) is 0 Å². The number of para-hydroxylation sites is 1. The molecule has 4 rings (SSSR count). The molecular weight excluding hydrogens is 346 g/mol. The lowest BCUT2D eigenvalue weighted by Gasteiger charge is -2.22. The molecule has 1 aliphatic heterocycles. The summed E-state index contributed by atoms with van der Waals surface area (Å²) >= 11 is 1.83. The number of aromatic nitrogens is 2. The molecule has 0 saturated carbocycles. The zero-order chi connectivity index (χ0) is 18.1. The quantitative estimate of drug-likeness (QED) is 0.665. The fourth-order valence-corrected chi connectivity index (χ4v) is 4.14. The van der Waals surface area contributed by atoms with Crippen LogP contribution in [0.15, 0.2) is 57.9 Å². The predicted molar refractivity (Wildman–Crippen MR) is 103 cm³/mol. The molecular formula is C20H19N3O2S. The first-order chi connectivity index (χ1) is 12.6. The number of rotatable bonds is 2. The minimum atomic E-state index is 0.0143. The molecule has 0 bridgehead atoms. The molecule has 0 spiro atoms. The summed E-state index contributed by atoms with van der Waals surface area (Å²) in [7, 11) is 0. The highest BCUT2D eigenvalue weighted by Crippen LogP contribution is 2.37. The highest BCUT2D eigenvalue weighted by Gasteiger charge is 2.25. The second-order valence-corrected chi connectivity index (χ2v) is 7.85. The summed E-state index contributed by atoms with van der Waals surface area (Å²) in [6.45, 7) is 4.70. The van der Waals surface area contributed by atoms with Crippen LogP contribution in [0.2, 0.25) is 0 Å². The van der Waals surface area contributed by atoms with Crippen LogP contribution >= 0.6 is 11.8 Å². The van der Waals surface area contributed by atoms with E-state index in [1.807, 2.05) is 59.1 Å². The minimum absolute atomic E-state index is 0.0143. The molecule has 26 heavy (non-hydrogen) atoms. The molecule has 5 nitrogen and oxygen atoms in total. The van der Waals surface area contributed by atoms with E-state index < -0.39 is 0 Å². The number of thioether (sulfide) groups is 1. The van der Waals surface area contributed by atoms with Crippen molar-refractivity contribution >= 4 is 23.4 Å². The molecule has 132 valence electrons. The number of carbonyl (C=O) groups is 1. The highest BCUT2D eigenvalue weighted by molar-refractivity contribution is 8.00. The fraction of sp³-hybridized carbons (Fsp3) is 0.250. The lowest BCUT2D eigenvalue weighted by Crippen LogP contribution is -2.32. The van der Waals surface area contributed by atoms with Gasteiger partial charge < -0.3 is 9.42 Å². The van der Waals surface area contributed by atoms with Gasteiger partial charge in [-0.15, -0.1) is 11.8 Å². The van der Waals surface area contributed by atoms with Gasteiger partial charge in [0.25, 0.3) is 11.8 Å². The molecule has 3 aromatic rings. The summed E-state index contributed by atoms with van der Waals surface area (Å²) in [6.07, 6.45) is 0.963. The van der Waals surface area contributed by atoms with Gasteiger partial charge in [-0.3, -0.25) is 4.79 Å². The number of aryl methyl sites for hydroxylation is 1. The molecule has 1 atom stereocenters. The Labute approximate surface area is 156 Å². The second kappa shape index (κ2) is 6.96. The van der Waals surface area contributed by atoms with Gasteiger partial charge in [-0.05, 0) is 49.7 Å². The monoisotopic (exact) mass is 365 g/mol. The summed E-state index contributed by atoms with van der Waals surface area (Å²) in [4.78, 5) is 20.4. The van der Waals surface area contributed by atoms with Crippen LogP contribution in [-0.2, 0) is 0 Å². The lowest BCUT2D eigenvalue weighted by atomic mass is 10.1. The van der Waals surface area contributed by atoms with E-state index in [0.717, 1.165) is 22.6 Å². The van der Waals surface area contributed by atoms with E-state index in [0.29, 0.717) is 29.1 Å². The van der Waals surface area contributed by atoms with Crippen LogP contribution in [0.4, 0.5) is 5.69 Å². The van der Waals surface area contributed by atoms with Crippen LogP contribution < -0.4 is 4.90 Å². The van der Waals surface area contributed by atoms with Crippen LogP contribution in [0.25, 0.3) is 11.5 Å². The van der Waals surface area contributed by atoms with Crippen LogP contribution in [0.3, 0.4) is 0 Å². The summed E-state index contributed by atoms with van der Waals surface area (Å²) in [6, 6.07) is 15.5. The van der Waals surface area contributed by atoms with Gasteiger partial charge >= 0.3 is 0 Å². The van der Waals surface area contributed by atoms with Gasteiger partial charge in [-0.2, -0.15) is 4.98 Å². The van der Waals surface area contributed by atoms with E-state index in [1.165, 1.54) is 0 Å². The molecule has 1 aromatic heterocycles. The average Bonchev–Trinajstić information content (AvgIpc) is 3.01. The van der Waals surface area contributed by atoms with Crippen LogP contribution in [0.1, 0.15) is 29.5 Å². The van der Waals surface area contributed by atoms with Crippen molar-refractivity contribution in [2.45, 2.75) is 30.4 Å². The number of benzene rings is 2. The number of anilines is 1. The maximum atomic E-state index is 13.1. The first kappa shape index (κ1) is 16.8. The third-order valence-electron chi connectivity index (χ3n) is 4.39. The lowest BCUT2D eigenvalue weighted by molar-refractivity contribution is 0.0986. The molecule has 1 aliphatic rings. The molecule has 0 aliphatic carbocycles. The number of carbonyl (C=O) groups excluding carboxylic acids is 1. The summed E-state index contributed by atoms with van der Waals surface area (Å²) in [5.41, 5.74) is 2.45. The standard InChI is InChI=1S/C20H19N3O2S/c1-13-11-12-23(17-5-3-4-6-18(17)26-13)20(24)16-9-7-15(8-10-16)19-21-14(2)22-25-19/h3-10,13H,11-12H2,1-2H3. The van der Waals surface area contributed by atoms with Crippen LogP contribution in [0, 0.1) is 6.92 Å². The van der Waals surface area contributed by atoms with E-state index in [9.17, 15) is 4.79 Å². The fourth-order valence-electron chi connectivity index (χ4n) is 3.02. The van der Waals surface area contributed by atoms with Crippen molar-refractivity contribution in [3.63, 3.8) is 0 Å². The van der Waals surface area contributed by atoms with Crippen LogP contribution in [0.5, 0.6) is 0 Å². The maximum absolute atomic E-state index is 13.1. The number of fused-ring (bicyclic) bond motifs is 1. The van der Waals surface area contributed by atoms with E-state index in [4.69, 9.17) is 4.52 Å². The first-order valence-electron chi connectivity index (χ1n) is 8.60. The Hall–Kier alpha value is -2.60. The predicted octanol–water partition coefficient (Wildman–Crippen LogP) is 4.58. The van der Waals surface area contributed by atoms with Gasteiger partial charge in [0.2, 0.25) is 0 Å². The third kappa shape index (κ3) is 3.24. The summed E-state index contributed by atoms with van der Waals surface area (Å²) in [5.74, 6) is 1.07. The normalized spacial score (nSPS) is 16.8. The smallest absolute Gasteiger partial charge is 0.258 e. The van der Waals surface area contributed by atoms with E-state index in [2.05, 4.69) is 23.1 Å². The Kier molecular flexibility index (Phi) is 4.51. The third-order valence-corrected chi connectivity index (χ3v) is 5.63. The van der Waals surface area contributed by atoms with Crippen LogP contribution in [-0.4, -0.2) is 27.8 Å². The number of amides is 1. The van der Waals surface area contributed by atoms with E-state index >= 15 is 0 Å². The summed E-state index contributed by atoms with van der Waals surface area (Å²) < 4.78 is 5.18. The molecule has 2 aromatic carbocycles. The summed E-state index contributed by atoms with van der Waals surface area (Å²) in [5, 5.41) is 4.29. The Morgan fingerprint density at radius 1 is 1.19 bits per heavy atom. The molecule has 0 radical (unpaired) electrons. The van der Waals surface area contributed by atoms with E-state index in [1.54, 1.807) is 6.92 Å². The second-order valence-electron chi connectivity index (χ2n) is 6.37. The van der Waals surface area contributed by atoms with Gasteiger partial charge in [0.15, 0.2) is 5.82 Å².